The Morgan fingerprint density at radius 3 is 2.81 bits per heavy atom. The summed E-state index contributed by atoms with van der Waals surface area (Å²) in [6.07, 6.45) is 1.98. The Morgan fingerprint density at radius 1 is 1.38 bits per heavy atom. The van der Waals surface area contributed by atoms with E-state index in [4.69, 9.17) is 11.6 Å². The molecule has 2 aromatic rings. The van der Waals surface area contributed by atoms with Crippen molar-refractivity contribution in [3.05, 3.63) is 53.1 Å². The van der Waals surface area contributed by atoms with Crippen molar-refractivity contribution in [1.82, 2.24) is 4.57 Å². The standard InChI is InChI=1S/C12H12ClFN2/c1-16-6-2-3-10(16)8-15-9-4-5-12(14)11(13)7-9/h2-7,15H,8H2,1H3. The molecule has 1 heterocycles. The van der Waals surface area contributed by atoms with Crippen molar-refractivity contribution in [1.29, 1.82) is 0 Å². The molecule has 0 aliphatic heterocycles. The van der Waals surface area contributed by atoms with Gasteiger partial charge in [-0.2, -0.15) is 0 Å². The predicted octanol–water partition coefficient (Wildman–Crippen LogP) is 3.43. The highest BCUT2D eigenvalue weighted by molar-refractivity contribution is 6.31. The lowest BCUT2D eigenvalue weighted by Gasteiger charge is -2.08. The largest absolute Gasteiger partial charge is 0.379 e. The van der Waals surface area contributed by atoms with Gasteiger partial charge in [0.25, 0.3) is 0 Å². The van der Waals surface area contributed by atoms with Gasteiger partial charge >= 0.3 is 0 Å². The number of hydrogen-bond acceptors (Lipinski definition) is 1. The molecule has 0 spiro atoms. The van der Waals surface area contributed by atoms with Crippen molar-refractivity contribution in [2.75, 3.05) is 5.32 Å². The summed E-state index contributed by atoms with van der Waals surface area (Å²) in [6.45, 7) is 0.686. The molecular weight excluding hydrogens is 227 g/mol. The van der Waals surface area contributed by atoms with Crippen LogP contribution in [-0.4, -0.2) is 4.57 Å². The van der Waals surface area contributed by atoms with Gasteiger partial charge in [-0.25, -0.2) is 4.39 Å². The van der Waals surface area contributed by atoms with Crippen LogP contribution >= 0.6 is 11.6 Å². The first-order chi connectivity index (χ1) is 7.66. The van der Waals surface area contributed by atoms with Crippen molar-refractivity contribution in [2.45, 2.75) is 6.54 Å². The fourth-order valence-electron chi connectivity index (χ4n) is 1.48. The lowest BCUT2D eigenvalue weighted by atomic mass is 10.3. The number of hydrogen-bond donors (Lipinski definition) is 1. The van der Waals surface area contributed by atoms with Crippen LogP contribution in [0.5, 0.6) is 0 Å². The van der Waals surface area contributed by atoms with Gasteiger partial charge in [0.05, 0.1) is 11.6 Å². The Labute approximate surface area is 98.7 Å². The topological polar surface area (TPSA) is 17.0 Å². The van der Waals surface area contributed by atoms with Gasteiger partial charge < -0.3 is 9.88 Å². The molecule has 2 nitrogen and oxygen atoms in total. The number of halogens is 2. The van der Waals surface area contributed by atoms with Crippen molar-refractivity contribution in [3.8, 4) is 0 Å². The third-order valence-corrected chi connectivity index (χ3v) is 2.73. The maximum Gasteiger partial charge on any atom is 0.141 e. The fourth-order valence-corrected chi connectivity index (χ4v) is 1.66. The summed E-state index contributed by atoms with van der Waals surface area (Å²) in [5.74, 6) is -0.397. The zero-order valence-electron chi connectivity index (χ0n) is 8.87. The average molecular weight is 239 g/mol. The third kappa shape index (κ3) is 2.36. The molecule has 0 unspecified atom stereocenters. The molecule has 0 saturated carbocycles. The van der Waals surface area contributed by atoms with Crippen LogP contribution in [0.15, 0.2) is 36.5 Å². The number of aromatic nitrogens is 1. The summed E-state index contributed by atoms with van der Waals surface area (Å²) in [5, 5.41) is 3.32. The van der Waals surface area contributed by atoms with Gasteiger partial charge in [-0.15, -0.1) is 0 Å². The zero-order chi connectivity index (χ0) is 11.5. The predicted molar refractivity (Wildman–Crippen MR) is 64.1 cm³/mol. The fraction of sp³-hybridized carbons (Fsp3) is 0.167. The van der Waals surface area contributed by atoms with Crippen molar-refractivity contribution < 1.29 is 4.39 Å². The first-order valence-electron chi connectivity index (χ1n) is 4.96. The lowest BCUT2D eigenvalue weighted by Crippen LogP contribution is -2.03. The maximum absolute atomic E-state index is 12.9. The molecule has 0 aliphatic carbocycles. The molecule has 1 N–H and O–H groups in total. The van der Waals surface area contributed by atoms with Gasteiger partial charge in [-0.1, -0.05) is 11.6 Å². The highest BCUT2D eigenvalue weighted by Crippen LogP contribution is 2.19. The molecule has 2 rings (SSSR count). The lowest BCUT2D eigenvalue weighted by molar-refractivity contribution is 0.628. The van der Waals surface area contributed by atoms with Crippen LogP contribution in [0.25, 0.3) is 0 Å². The van der Waals surface area contributed by atoms with E-state index in [1.807, 2.05) is 29.9 Å². The molecule has 0 saturated heterocycles. The molecule has 84 valence electrons. The Hall–Kier alpha value is -1.48. The number of nitrogens with zero attached hydrogens (tertiary/aromatic N) is 1. The first kappa shape index (κ1) is 11.0. The highest BCUT2D eigenvalue weighted by atomic mass is 35.5. The molecule has 0 fully saturated rings. The molecule has 1 aromatic heterocycles. The van der Waals surface area contributed by atoms with Crippen molar-refractivity contribution in [3.63, 3.8) is 0 Å². The molecule has 4 heteroatoms. The maximum atomic E-state index is 12.9. The summed E-state index contributed by atoms with van der Waals surface area (Å²) >= 11 is 5.69. The summed E-state index contributed by atoms with van der Waals surface area (Å²) in [4.78, 5) is 0. The molecule has 0 aliphatic rings. The van der Waals surface area contributed by atoms with Crippen LogP contribution < -0.4 is 5.32 Å². The Morgan fingerprint density at radius 2 is 2.19 bits per heavy atom. The van der Waals surface area contributed by atoms with Crippen LogP contribution in [0, 0.1) is 5.82 Å². The first-order valence-corrected chi connectivity index (χ1v) is 5.34. The van der Waals surface area contributed by atoms with Gasteiger partial charge in [0.15, 0.2) is 0 Å². The van der Waals surface area contributed by atoms with Crippen molar-refractivity contribution in [2.24, 2.45) is 7.05 Å². The molecule has 0 radical (unpaired) electrons. The second-order valence-electron chi connectivity index (χ2n) is 3.59. The monoisotopic (exact) mass is 238 g/mol. The van der Waals surface area contributed by atoms with E-state index in [0.29, 0.717) is 6.54 Å². The van der Waals surface area contributed by atoms with Crippen LogP contribution in [0.3, 0.4) is 0 Å². The Bertz CT molecular complexity index is 494. The van der Waals surface area contributed by atoms with E-state index >= 15 is 0 Å². The normalized spacial score (nSPS) is 10.4. The van der Waals surface area contributed by atoms with E-state index in [0.717, 1.165) is 11.4 Å². The van der Waals surface area contributed by atoms with E-state index in [2.05, 4.69) is 5.32 Å². The number of benzene rings is 1. The zero-order valence-corrected chi connectivity index (χ0v) is 9.63. The van der Waals surface area contributed by atoms with Gasteiger partial charge in [0, 0.05) is 24.6 Å². The minimum absolute atomic E-state index is 0.136. The molecule has 1 aromatic carbocycles. The third-order valence-electron chi connectivity index (χ3n) is 2.44. The number of rotatable bonds is 3. The van der Waals surface area contributed by atoms with Crippen LogP contribution in [0.1, 0.15) is 5.69 Å². The smallest absolute Gasteiger partial charge is 0.141 e. The molecule has 0 bridgehead atoms. The summed E-state index contributed by atoms with van der Waals surface area (Å²) < 4.78 is 14.9. The summed E-state index contributed by atoms with van der Waals surface area (Å²) in [6, 6.07) is 8.62. The highest BCUT2D eigenvalue weighted by Gasteiger charge is 2.01. The van der Waals surface area contributed by atoms with E-state index in [9.17, 15) is 4.39 Å². The van der Waals surface area contributed by atoms with Gasteiger partial charge in [-0.3, -0.25) is 0 Å². The molecule has 16 heavy (non-hydrogen) atoms. The van der Waals surface area contributed by atoms with E-state index in [1.54, 1.807) is 12.1 Å². The number of anilines is 1. The average Bonchev–Trinajstić information content (AvgIpc) is 2.66. The molecule has 0 amide bonds. The summed E-state index contributed by atoms with van der Waals surface area (Å²) in [7, 11) is 1.98. The van der Waals surface area contributed by atoms with Crippen LogP contribution in [-0.2, 0) is 13.6 Å². The SMILES string of the molecule is Cn1cccc1CNc1ccc(F)c(Cl)c1. The van der Waals surface area contributed by atoms with E-state index in [-0.39, 0.29) is 5.02 Å². The number of aryl methyl sites for hydroxylation is 1. The second-order valence-corrected chi connectivity index (χ2v) is 4.00. The van der Waals surface area contributed by atoms with Crippen molar-refractivity contribution >= 4 is 17.3 Å². The number of nitrogens with one attached hydrogen (secondary N) is 1. The van der Waals surface area contributed by atoms with Gasteiger partial charge in [0.1, 0.15) is 5.82 Å². The van der Waals surface area contributed by atoms with E-state index < -0.39 is 5.82 Å². The minimum atomic E-state index is -0.397. The second kappa shape index (κ2) is 4.58. The minimum Gasteiger partial charge on any atom is -0.379 e. The van der Waals surface area contributed by atoms with Crippen LogP contribution in [0.2, 0.25) is 5.02 Å². The molecule has 0 atom stereocenters. The Kier molecular flexibility index (Phi) is 3.15. The Balaban J connectivity index is 2.05. The summed E-state index contributed by atoms with van der Waals surface area (Å²) in [5.41, 5.74) is 1.97. The molecular formula is C12H12ClFN2. The van der Waals surface area contributed by atoms with Gasteiger partial charge in [-0.05, 0) is 30.3 Å². The quantitative estimate of drug-likeness (QED) is 0.867. The van der Waals surface area contributed by atoms with Gasteiger partial charge in [0.2, 0.25) is 0 Å². The van der Waals surface area contributed by atoms with Crippen LogP contribution in [0.4, 0.5) is 10.1 Å². The van der Waals surface area contributed by atoms with E-state index in [1.165, 1.54) is 6.07 Å².